The van der Waals surface area contributed by atoms with Crippen LogP contribution in [-0.4, -0.2) is 19.9 Å². The fraction of sp³-hybridized carbons (Fsp3) is 0. The molecule has 0 aliphatic carbocycles. The maximum atomic E-state index is 5.67. The number of aromatic nitrogens is 4. The SMILES string of the molecule is Brc1cnc(Oc2cccc(Nc3ncnc4sccc34)c2)nc1. The predicted octanol–water partition coefficient (Wildman–Crippen LogP) is 4.78. The van der Waals surface area contributed by atoms with Crippen LogP contribution >= 0.6 is 27.3 Å². The Morgan fingerprint density at radius 1 is 1.04 bits per heavy atom. The summed E-state index contributed by atoms with van der Waals surface area (Å²) in [6, 6.07) is 9.83. The van der Waals surface area contributed by atoms with Crippen LogP contribution in [0.15, 0.2) is 58.9 Å². The molecule has 0 bridgehead atoms. The second-order valence-electron chi connectivity index (χ2n) is 4.80. The molecule has 0 fully saturated rings. The molecule has 0 atom stereocenters. The fourth-order valence-corrected chi connectivity index (χ4v) is 3.06. The lowest BCUT2D eigenvalue weighted by atomic mass is 10.3. The van der Waals surface area contributed by atoms with E-state index in [1.54, 1.807) is 30.1 Å². The molecular formula is C16H10BrN5OS. The van der Waals surface area contributed by atoms with Crippen LogP contribution in [0, 0.1) is 0 Å². The second kappa shape index (κ2) is 6.50. The Kier molecular flexibility index (Phi) is 4.06. The molecule has 118 valence electrons. The van der Waals surface area contributed by atoms with Crippen molar-refractivity contribution in [1.82, 2.24) is 19.9 Å². The molecule has 0 aliphatic rings. The van der Waals surface area contributed by atoms with Gasteiger partial charge in [0.2, 0.25) is 0 Å². The molecule has 6 nitrogen and oxygen atoms in total. The summed E-state index contributed by atoms with van der Waals surface area (Å²) in [7, 11) is 0. The maximum Gasteiger partial charge on any atom is 0.321 e. The van der Waals surface area contributed by atoms with Crippen molar-refractivity contribution >= 4 is 49.0 Å². The van der Waals surface area contributed by atoms with Crippen LogP contribution in [0.25, 0.3) is 10.2 Å². The molecule has 3 heterocycles. The van der Waals surface area contributed by atoms with Gasteiger partial charge < -0.3 is 10.1 Å². The lowest BCUT2D eigenvalue weighted by Gasteiger charge is -2.08. The molecule has 1 N–H and O–H groups in total. The minimum Gasteiger partial charge on any atom is -0.424 e. The van der Waals surface area contributed by atoms with Gasteiger partial charge in [-0.3, -0.25) is 0 Å². The summed E-state index contributed by atoms with van der Waals surface area (Å²) in [4.78, 5) is 17.7. The van der Waals surface area contributed by atoms with Crippen molar-refractivity contribution in [1.29, 1.82) is 0 Å². The molecular weight excluding hydrogens is 390 g/mol. The van der Waals surface area contributed by atoms with Crippen molar-refractivity contribution in [3.8, 4) is 11.8 Å². The average molecular weight is 400 g/mol. The smallest absolute Gasteiger partial charge is 0.321 e. The minimum atomic E-state index is 0.289. The van der Waals surface area contributed by atoms with Crippen molar-refractivity contribution in [2.75, 3.05) is 5.32 Å². The topological polar surface area (TPSA) is 72.8 Å². The van der Waals surface area contributed by atoms with Gasteiger partial charge in [-0.1, -0.05) is 6.07 Å². The van der Waals surface area contributed by atoms with Crippen LogP contribution in [0.5, 0.6) is 11.8 Å². The molecule has 0 spiro atoms. The van der Waals surface area contributed by atoms with Crippen LogP contribution in [0.4, 0.5) is 11.5 Å². The number of nitrogens with zero attached hydrogens (tertiary/aromatic N) is 4. The highest BCUT2D eigenvalue weighted by atomic mass is 79.9. The molecule has 0 saturated heterocycles. The van der Waals surface area contributed by atoms with Gasteiger partial charge in [0.05, 0.1) is 9.86 Å². The van der Waals surface area contributed by atoms with Crippen molar-refractivity contribution in [3.63, 3.8) is 0 Å². The van der Waals surface area contributed by atoms with Gasteiger partial charge in [-0.05, 0) is 39.5 Å². The van der Waals surface area contributed by atoms with E-state index in [1.807, 2.05) is 35.7 Å². The van der Waals surface area contributed by atoms with Gasteiger partial charge in [0.15, 0.2) is 0 Å². The lowest BCUT2D eigenvalue weighted by molar-refractivity contribution is 0.441. The third-order valence-electron chi connectivity index (χ3n) is 3.16. The minimum absolute atomic E-state index is 0.289. The number of hydrogen-bond acceptors (Lipinski definition) is 7. The van der Waals surface area contributed by atoms with E-state index >= 15 is 0 Å². The number of anilines is 2. The Labute approximate surface area is 149 Å². The fourth-order valence-electron chi connectivity index (χ4n) is 2.12. The third kappa shape index (κ3) is 3.19. The number of benzene rings is 1. The largest absolute Gasteiger partial charge is 0.424 e. The summed E-state index contributed by atoms with van der Waals surface area (Å²) >= 11 is 4.88. The van der Waals surface area contributed by atoms with Crippen LogP contribution < -0.4 is 10.1 Å². The van der Waals surface area contributed by atoms with E-state index in [2.05, 4.69) is 41.2 Å². The maximum absolute atomic E-state index is 5.67. The first-order valence-electron chi connectivity index (χ1n) is 6.99. The molecule has 0 aliphatic heterocycles. The second-order valence-corrected chi connectivity index (χ2v) is 6.61. The highest BCUT2D eigenvalue weighted by Crippen LogP contribution is 2.28. The number of rotatable bonds is 4. The monoisotopic (exact) mass is 399 g/mol. The Hall–Kier alpha value is -2.58. The Balaban J connectivity index is 1.58. The van der Waals surface area contributed by atoms with Gasteiger partial charge in [0, 0.05) is 24.1 Å². The van der Waals surface area contributed by atoms with Crippen LogP contribution in [0.3, 0.4) is 0 Å². The van der Waals surface area contributed by atoms with E-state index in [1.165, 1.54) is 0 Å². The van der Waals surface area contributed by atoms with E-state index in [-0.39, 0.29) is 6.01 Å². The normalized spacial score (nSPS) is 10.7. The van der Waals surface area contributed by atoms with Crippen molar-refractivity contribution < 1.29 is 4.74 Å². The van der Waals surface area contributed by atoms with Gasteiger partial charge in [-0.15, -0.1) is 11.3 Å². The number of ether oxygens (including phenoxy) is 1. The summed E-state index contributed by atoms with van der Waals surface area (Å²) < 4.78 is 6.47. The number of fused-ring (bicyclic) bond motifs is 1. The highest BCUT2D eigenvalue weighted by molar-refractivity contribution is 9.10. The summed E-state index contributed by atoms with van der Waals surface area (Å²) in [5.41, 5.74) is 0.857. The molecule has 4 aromatic rings. The molecule has 3 aromatic heterocycles. The Morgan fingerprint density at radius 3 is 2.79 bits per heavy atom. The third-order valence-corrected chi connectivity index (χ3v) is 4.39. The van der Waals surface area contributed by atoms with Crippen molar-refractivity contribution in [2.24, 2.45) is 0 Å². The standard InChI is InChI=1S/C16H10BrN5OS/c17-10-7-18-16(19-8-10)23-12-3-1-2-11(6-12)22-14-13-4-5-24-15(13)21-9-20-14/h1-9H,(H,20,21,22). The molecule has 0 amide bonds. The predicted molar refractivity (Wildman–Crippen MR) is 96.9 cm³/mol. The van der Waals surface area contributed by atoms with Crippen LogP contribution in [0.2, 0.25) is 0 Å². The van der Waals surface area contributed by atoms with E-state index in [0.29, 0.717) is 5.75 Å². The van der Waals surface area contributed by atoms with E-state index in [0.717, 1.165) is 26.2 Å². The van der Waals surface area contributed by atoms with E-state index in [4.69, 9.17) is 4.74 Å². The summed E-state index contributed by atoms with van der Waals surface area (Å²) in [6.07, 6.45) is 4.83. The van der Waals surface area contributed by atoms with Crippen LogP contribution in [0.1, 0.15) is 0 Å². The van der Waals surface area contributed by atoms with Gasteiger partial charge in [-0.25, -0.2) is 19.9 Å². The molecule has 1 aromatic carbocycles. The van der Waals surface area contributed by atoms with Gasteiger partial charge >= 0.3 is 6.01 Å². The van der Waals surface area contributed by atoms with E-state index in [9.17, 15) is 0 Å². The Bertz CT molecular complexity index is 989. The zero-order chi connectivity index (χ0) is 16.4. The first-order valence-corrected chi connectivity index (χ1v) is 8.66. The summed E-state index contributed by atoms with van der Waals surface area (Å²) in [5, 5.41) is 6.28. The van der Waals surface area contributed by atoms with Crippen molar-refractivity contribution in [3.05, 3.63) is 58.9 Å². The van der Waals surface area contributed by atoms with E-state index < -0.39 is 0 Å². The first-order chi connectivity index (χ1) is 11.8. The highest BCUT2D eigenvalue weighted by Gasteiger charge is 2.06. The van der Waals surface area contributed by atoms with Gasteiger partial charge in [0.25, 0.3) is 0 Å². The molecule has 4 rings (SSSR count). The Morgan fingerprint density at radius 2 is 1.92 bits per heavy atom. The molecule has 24 heavy (non-hydrogen) atoms. The summed E-state index contributed by atoms with van der Waals surface area (Å²) in [6.45, 7) is 0. The van der Waals surface area contributed by atoms with Gasteiger partial charge in [0.1, 0.15) is 22.7 Å². The number of nitrogens with one attached hydrogen (secondary N) is 1. The quantitative estimate of drug-likeness (QED) is 0.532. The molecule has 0 unspecified atom stereocenters. The number of thiophene rings is 1. The number of hydrogen-bond donors (Lipinski definition) is 1. The van der Waals surface area contributed by atoms with Crippen LogP contribution in [-0.2, 0) is 0 Å². The van der Waals surface area contributed by atoms with Gasteiger partial charge in [-0.2, -0.15) is 0 Å². The number of halogens is 1. The molecule has 0 radical (unpaired) electrons. The van der Waals surface area contributed by atoms with Crippen molar-refractivity contribution in [2.45, 2.75) is 0 Å². The first kappa shape index (κ1) is 15.0. The lowest BCUT2D eigenvalue weighted by Crippen LogP contribution is -1.96. The molecule has 8 heteroatoms. The zero-order valence-electron chi connectivity index (χ0n) is 12.2. The average Bonchev–Trinajstić information content (AvgIpc) is 3.07. The molecule has 0 saturated carbocycles. The summed E-state index contributed by atoms with van der Waals surface area (Å²) in [5.74, 6) is 1.40. The zero-order valence-corrected chi connectivity index (χ0v) is 14.6.